The molecule has 0 saturated heterocycles. The number of thiazole rings is 1. The van der Waals surface area contributed by atoms with Gasteiger partial charge in [-0.1, -0.05) is 11.3 Å². The van der Waals surface area contributed by atoms with Gasteiger partial charge in [0.1, 0.15) is 10.7 Å². The Morgan fingerprint density at radius 3 is 2.86 bits per heavy atom. The van der Waals surface area contributed by atoms with Gasteiger partial charge in [0.2, 0.25) is 0 Å². The second-order valence-corrected chi connectivity index (χ2v) is 6.09. The van der Waals surface area contributed by atoms with E-state index in [1.165, 1.54) is 17.8 Å². The van der Waals surface area contributed by atoms with Gasteiger partial charge in [-0.3, -0.25) is 4.79 Å². The molecule has 0 aliphatic heterocycles. The molecule has 1 fully saturated rings. The third-order valence-corrected chi connectivity index (χ3v) is 4.65. The van der Waals surface area contributed by atoms with Crippen molar-refractivity contribution in [3.8, 4) is 0 Å². The smallest absolute Gasteiger partial charge is 0.267 e. The Hall–Kier alpha value is -1.34. The number of nitrogens with two attached hydrogens (primary N) is 1. The van der Waals surface area contributed by atoms with Crippen LogP contribution in [0.3, 0.4) is 0 Å². The summed E-state index contributed by atoms with van der Waals surface area (Å²) in [5, 5.41) is 4.09. The molecule has 1 aliphatic rings. The second kappa shape index (κ2) is 7.61. The van der Waals surface area contributed by atoms with Gasteiger partial charge in [-0.15, -0.1) is 0 Å². The lowest BCUT2D eigenvalue weighted by Crippen LogP contribution is -2.33. The molecule has 0 atom stereocenters. The first kappa shape index (κ1) is 16.0. The van der Waals surface area contributed by atoms with Gasteiger partial charge in [-0.05, 0) is 33.1 Å². The minimum Gasteiger partial charge on any atom is -0.382 e. The van der Waals surface area contributed by atoms with Crippen LogP contribution in [0.2, 0.25) is 0 Å². The van der Waals surface area contributed by atoms with Crippen molar-refractivity contribution < 1.29 is 9.53 Å². The van der Waals surface area contributed by atoms with Gasteiger partial charge < -0.3 is 20.7 Å². The maximum Gasteiger partial charge on any atom is 0.267 e. The Morgan fingerprint density at radius 2 is 2.29 bits per heavy atom. The Balaban J connectivity index is 1.99. The number of rotatable bonds is 8. The summed E-state index contributed by atoms with van der Waals surface area (Å²) in [6.07, 6.45) is 3.59. The van der Waals surface area contributed by atoms with Crippen LogP contribution in [0.5, 0.6) is 0 Å². The Morgan fingerprint density at radius 1 is 1.52 bits per heavy atom. The van der Waals surface area contributed by atoms with Crippen molar-refractivity contribution in [2.45, 2.75) is 39.2 Å². The summed E-state index contributed by atoms with van der Waals surface area (Å²) in [4.78, 5) is 19.0. The lowest BCUT2D eigenvalue weighted by molar-refractivity contribution is 0.0674. The van der Waals surface area contributed by atoms with Gasteiger partial charge in [0.15, 0.2) is 5.13 Å². The van der Waals surface area contributed by atoms with Crippen LogP contribution in [0.25, 0.3) is 0 Å². The van der Waals surface area contributed by atoms with E-state index < -0.39 is 0 Å². The Labute approximate surface area is 129 Å². The Kier molecular flexibility index (Phi) is 5.81. The molecule has 1 heterocycles. The molecule has 1 aliphatic carbocycles. The zero-order valence-electron chi connectivity index (χ0n) is 12.7. The zero-order chi connectivity index (χ0) is 15.2. The fourth-order valence-electron chi connectivity index (χ4n) is 2.14. The number of hydrogen-bond donors (Lipinski definition) is 2. The van der Waals surface area contributed by atoms with Crippen LogP contribution in [-0.2, 0) is 4.74 Å². The van der Waals surface area contributed by atoms with Gasteiger partial charge >= 0.3 is 0 Å². The molecule has 1 amide bonds. The van der Waals surface area contributed by atoms with Crippen LogP contribution in [0.4, 0.5) is 10.9 Å². The molecule has 0 spiro atoms. The summed E-state index contributed by atoms with van der Waals surface area (Å²) in [6, 6.07) is 0.485. The minimum absolute atomic E-state index is 0.0612. The molecule has 0 radical (unpaired) electrons. The molecule has 0 bridgehead atoms. The standard InChI is InChI=1S/C14H24N4O2S/c1-3-18(8-9-20-4-2)13(19)11-12(15)17-14(21-11)16-10-6-5-7-10/h10H,3-9,15H2,1-2H3,(H,16,17). The average molecular weight is 312 g/mol. The van der Waals surface area contributed by atoms with Crippen LogP contribution in [-0.4, -0.2) is 48.1 Å². The van der Waals surface area contributed by atoms with Gasteiger partial charge in [-0.25, -0.2) is 4.98 Å². The highest BCUT2D eigenvalue weighted by atomic mass is 32.1. The van der Waals surface area contributed by atoms with Gasteiger partial charge in [0.25, 0.3) is 5.91 Å². The highest BCUT2D eigenvalue weighted by Crippen LogP contribution is 2.30. The second-order valence-electron chi connectivity index (χ2n) is 5.09. The quantitative estimate of drug-likeness (QED) is 0.719. The molecule has 0 unspecified atom stereocenters. The SMILES string of the molecule is CCOCCN(CC)C(=O)c1sc(NC2CCC2)nc1N. The summed E-state index contributed by atoms with van der Waals surface area (Å²) in [6.45, 7) is 6.30. The summed E-state index contributed by atoms with van der Waals surface area (Å²) >= 11 is 1.35. The number of anilines is 2. The molecule has 21 heavy (non-hydrogen) atoms. The molecule has 6 nitrogen and oxygen atoms in total. The van der Waals surface area contributed by atoms with E-state index in [2.05, 4.69) is 10.3 Å². The van der Waals surface area contributed by atoms with Crippen molar-refractivity contribution in [1.29, 1.82) is 0 Å². The first-order valence-corrected chi connectivity index (χ1v) is 8.37. The highest BCUT2D eigenvalue weighted by molar-refractivity contribution is 7.18. The van der Waals surface area contributed by atoms with E-state index >= 15 is 0 Å². The van der Waals surface area contributed by atoms with Crippen LogP contribution in [0.15, 0.2) is 0 Å². The molecule has 1 saturated carbocycles. The van der Waals surface area contributed by atoms with Crippen LogP contribution >= 0.6 is 11.3 Å². The molecule has 0 aromatic carbocycles. The van der Waals surface area contributed by atoms with Crippen molar-refractivity contribution in [3.05, 3.63) is 4.88 Å². The normalized spacial score (nSPS) is 14.8. The van der Waals surface area contributed by atoms with Crippen molar-refractivity contribution >= 4 is 28.2 Å². The van der Waals surface area contributed by atoms with E-state index in [0.29, 0.717) is 43.0 Å². The van der Waals surface area contributed by atoms with E-state index in [1.54, 1.807) is 4.90 Å². The predicted octanol–water partition coefficient (Wildman–Crippen LogP) is 2.19. The maximum atomic E-state index is 12.5. The molecular weight excluding hydrogens is 288 g/mol. The van der Waals surface area contributed by atoms with Crippen molar-refractivity contribution in [2.75, 3.05) is 37.4 Å². The van der Waals surface area contributed by atoms with Gasteiger partial charge in [0, 0.05) is 25.7 Å². The van der Waals surface area contributed by atoms with Crippen LogP contribution in [0.1, 0.15) is 42.8 Å². The third-order valence-electron chi connectivity index (χ3n) is 3.66. The number of nitrogens with one attached hydrogen (secondary N) is 1. The summed E-state index contributed by atoms with van der Waals surface area (Å²) in [5.41, 5.74) is 5.91. The maximum absolute atomic E-state index is 12.5. The highest BCUT2D eigenvalue weighted by Gasteiger charge is 2.23. The van der Waals surface area contributed by atoms with Gasteiger partial charge in [0.05, 0.1) is 6.61 Å². The van der Waals surface area contributed by atoms with Gasteiger partial charge in [-0.2, -0.15) is 0 Å². The number of carbonyl (C=O) groups excluding carboxylic acids is 1. The third kappa shape index (κ3) is 4.07. The molecule has 1 aromatic heterocycles. The van der Waals surface area contributed by atoms with E-state index in [0.717, 1.165) is 18.0 Å². The molecule has 2 rings (SSSR count). The predicted molar refractivity (Wildman–Crippen MR) is 85.9 cm³/mol. The molecule has 3 N–H and O–H groups in total. The fraction of sp³-hybridized carbons (Fsp3) is 0.714. The number of amides is 1. The summed E-state index contributed by atoms with van der Waals surface area (Å²) in [7, 11) is 0. The number of nitrogens with zero attached hydrogens (tertiary/aromatic N) is 2. The Bertz CT molecular complexity index is 474. The van der Waals surface area contributed by atoms with Crippen molar-refractivity contribution in [1.82, 2.24) is 9.88 Å². The minimum atomic E-state index is -0.0612. The number of likely N-dealkylation sites (N-methyl/N-ethyl adjacent to an activating group) is 1. The number of hydrogen-bond acceptors (Lipinski definition) is 6. The first-order valence-electron chi connectivity index (χ1n) is 7.55. The number of aromatic nitrogens is 1. The van der Waals surface area contributed by atoms with E-state index in [9.17, 15) is 4.79 Å². The van der Waals surface area contributed by atoms with Crippen molar-refractivity contribution in [2.24, 2.45) is 0 Å². The monoisotopic (exact) mass is 312 g/mol. The lowest BCUT2D eigenvalue weighted by atomic mass is 9.93. The van der Waals surface area contributed by atoms with Crippen LogP contribution < -0.4 is 11.1 Å². The fourth-order valence-corrected chi connectivity index (χ4v) is 3.07. The number of nitrogen functional groups attached to an aromatic ring is 1. The van der Waals surface area contributed by atoms with Crippen LogP contribution in [0, 0.1) is 0 Å². The summed E-state index contributed by atoms with van der Waals surface area (Å²) in [5.74, 6) is 0.260. The largest absolute Gasteiger partial charge is 0.382 e. The average Bonchev–Trinajstić information content (AvgIpc) is 2.79. The molecular formula is C14H24N4O2S. The topological polar surface area (TPSA) is 80.5 Å². The number of carbonyl (C=O) groups is 1. The lowest BCUT2D eigenvalue weighted by Gasteiger charge is -2.25. The molecule has 7 heteroatoms. The first-order chi connectivity index (χ1) is 10.2. The van der Waals surface area contributed by atoms with Crippen molar-refractivity contribution in [3.63, 3.8) is 0 Å². The molecule has 1 aromatic rings. The van der Waals surface area contributed by atoms with E-state index in [-0.39, 0.29) is 5.91 Å². The summed E-state index contributed by atoms with van der Waals surface area (Å²) < 4.78 is 5.31. The molecule has 118 valence electrons. The van der Waals surface area contributed by atoms with E-state index in [1.807, 2.05) is 13.8 Å². The number of ether oxygens (including phenoxy) is 1. The zero-order valence-corrected chi connectivity index (χ0v) is 13.5. The van der Waals surface area contributed by atoms with E-state index in [4.69, 9.17) is 10.5 Å².